The molecule has 1 spiro atoms. The zero-order valence-corrected chi connectivity index (χ0v) is 20.9. The number of aromatic nitrogens is 2. The lowest BCUT2D eigenvalue weighted by molar-refractivity contribution is -0.198. The Bertz CT molecular complexity index is 1340. The van der Waals surface area contributed by atoms with Gasteiger partial charge in [0.2, 0.25) is 17.9 Å². The van der Waals surface area contributed by atoms with Crippen molar-refractivity contribution >= 4 is 17.7 Å². The van der Waals surface area contributed by atoms with E-state index in [9.17, 15) is 28.2 Å². The van der Waals surface area contributed by atoms with Crippen LogP contribution in [0.15, 0.2) is 54.6 Å². The molecule has 2 aromatic carbocycles. The molecule has 2 aliphatic rings. The number of rotatable bonds is 6. The molecular weight excluding hydrogens is 515 g/mol. The number of hydrogen-bond donors (Lipinski definition) is 4. The van der Waals surface area contributed by atoms with Crippen molar-refractivity contribution in [2.75, 3.05) is 30.3 Å². The molecular formula is C27H28F3N5O4. The van der Waals surface area contributed by atoms with Crippen LogP contribution in [0.5, 0.6) is 11.6 Å². The van der Waals surface area contributed by atoms with E-state index in [4.69, 9.17) is 10.5 Å². The van der Waals surface area contributed by atoms with E-state index in [0.29, 0.717) is 55.8 Å². The van der Waals surface area contributed by atoms with Crippen LogP contribution in [-0.4, -0.2) is 58.0 Å². The summed E-state index contributed by atoms with van der Waals surface area (Å²) in [6, 6.07) is 12.9. The Balaban J connectivity index is 1.32. The van der Waals surface area contributed by atoms with Gasteiger partial charge in [0.05, 0.1) is 0 Å². The van der Waals surface area contributed by atoms with Gasteiger partial charge in [-0.05, 0) is 47.9 Å². The highest BCUT2D eigenvalue weighted by atomic mass is 19.4. The summed E-state index contributed by atoms with van der Waals surface area (Å²) in [6.45, 7) is 1.70. The third-order valence-electron chi connectivity index (χ3n) is 7.44. The lowest BCUT2D eigenvalue weighted by Gasteiger charge is -2.39. The van der Waals surface area contributed by atoms with E-state index in [1.54, 1.807) is 12.1 Å². The molecule has 5 rings (SSSR count). The average molecular weight is 544 g/mol. The minimum Gasteiger partial charge on any atom is -0.508 e. The van der Waals surface area contributed by atoms with Crippen molar-refractivity contribution < 1.29 is 32.9 Å². The maximum absolute atomic E-state index is 14.1. The highest BCUT2D eigenvalue weighted by Crippen LogP contribution is 2.41. The average Bonchev–Trinajstić information content (AvgIpc) is 3.31. The predicted molar refractivity (Wildman–Crippen MR) is 137 cm³/mol. The van der Waals surface area contributed by atoms with Crippen molar-refractivity contribution in [3.05, 3.63) is 60.2 Å². The van der Waals surface area contributed by atoms with Crippen LogP contribution >= 0.6 is 0 Å². The topological polar surface area (TPSA) is 134 Å². The van der Waals surface area contributed by atoms with E-state index in [0.717, 1.165) is 0 Å². The normalized spacial score (nSPS) is 19.7. The maximum atomic E-state index is 14.1. The number of aliphatic carboxylic acids is 1. The van der Waals surface area contributed by atoms with Crippen molar-refractivity contribution in [3.8, 4) is 22.8 Å². The van der Waals surface area contributed by atoms with Gasteiger partial charge in [0.25, 0.3) is 0 Å². The van der Waals surface area contributed by atoms with Gasteiger partial charge in [0.1, 0.15) is 17.6 Å². The van der Waals surface area contributed by atoms with Gasteiger partial charge in [-0.2, -0.15) is 23.1 Å². The Morgan fingerprint density at radius 3 is 2.44 bits per heavy atom. The number of halogens is 3. The summed E-state index contributed by atoms with van der Waals surface area (Å²) in [6.07, 6.45) is -5.07. The van der Waals surface area contributed by atoms with E-state index >= 15 is 0 Å². The van der Waals surface area contributed by atoms with Gasteiger partial charge in [-0.1, -0.05) is 36.4 Å². The van der Waals surface area contributed by atoms with E-state index in [2.05, 4.69) is 15.3 Å². The summed E-state index contributed by atoms with van der Waals surface area (Å²) in [5, 5.41) is 22.0. The molecule has 9 nitrogen and oxygen atoms in total. The van der Waals surface area contributed by atoms with Crippen LogP contribution in [0.2, 0.25) is 0 Å². The van der Waals surface area contributed by atoms with Crippen molar-refractivity contribution in [3.63, 3.8) is 0 Å². The Labute approximate surface area is 222 Å². The van der Waals surface area contributed by atoms with Crippen molar-refractivity contribution in [1.29, 1.82) is 0 Å². The highest BCUT2D eigenvalue weighted by molar-refractivity contribution is 5.74. The fraction of sp³-hybridized carbons (Fsp3) is 0.370. The van der Waals surface area contributed by atoms with Crippen LogP contribution in [-0.2, 0) is 4.79 Å². The summed E-state index contributed by atoms with van der Waals surface area (Å²) in [5.74, 6) is -0.971. The number of carbonyl (C=O) groups is 1. The minimum absolute atomic E-state index is 0.0541. The van der Waals surface area contributed by atoms with Crippen LogP contribution in [0, 0.1) is 5.41 Å². The van der Waals surface area contributed by atoms with Crippen LogP contribution in [0.3, 0.4) is 0 Å². The van der Waals surface area contributed by atoms with Crippen molar-refractivity contribution in [2.24, 2.45) is 5.41 Å². The summed E-state index contributed by atoms with van der Waals surface area (Å²) in [7, 11) is 0. The smallest absolute Gasteiger partial charge is 0.429 e. The second kappa shape index (κ2) is 10.3. The molecule has 12 heteroatoms. The highest BCUT2D eigenvalue weighted by Gasteiger charge is 2.45. The molecule has 39 heavy (non-hydrogen) atoms. The number of benzene rings is 2. The van der Waals surface area contributed by atoms with Crippen LogP contribution in [0.1, 0.15) is 30.9 Å². The molecule has 1 aromatic heterocycles. The third-order valence-corrected chi connectivity index (χ3v) is 7.44. The molecule has 2 fully saturated rings. The predicted octanol–water partition coefficient (Wildman–Crippen LogP) is 4.15. The number of nitrogens with two attached hydrogens (primary N) is 1. The SMILES string of the molecule is Nc1nc(O[C@H](c2ccc(-c3cccc(O)c3)cc2)C(F)(F)F)cc(N2CCC3(CC2)CNC(C(=O)O)C3)n1. The minimum atomic E-state index is -4.74. The molecule has 2 atom stereocenters. The number of aromatic hydroxyl groups is 1. The fourth-order valence-corrected chi connectivity index (χ4v) is 5.32. The number of ether oxygens (including phenoxy) is 1. The first-order chi connectivity index (χ1) is 18.5. The van der Waals surface area contributed by atoms with Crippen molar-refractivity contribution in [1.82, 2.24) is 15.3 Å². The summed E-state index contributed by atoms with van der Waals surface area (Å²) in [4.78, 5) is 21.3. The molecule has 206 valence electrons. The molecule has 3 heterocycles. The Morgan fingerprint density at radius 2 is 1.82 bits per heavy atom. The molecule has 0 saturated carbocycles. The van der Waals surface area contributed by atoms with Gasteiger partial charge in [-0.3, -0.25) is 4.79 Å². The molecule has 1 unspecified atom stereocenters. The Kier molecular flexibility index (Phi) is 6.98. The number of phenolic OH excluding ortho intramolecular Hbond substituents is 1. The number of piperidine rings is 1. The maximum Gasteiger partial charge on any atom is 0.429 e. The summed E-state index contributed by atoms with van der Waals surface area (Å²) >= 11 is 0. The number of nitrogen functional groups attached to an aromatic ring is 1. The molecule has 2 aliphatic heterocycles. The summed E-state index contributed by atoms with van der Waals surface area (Å²) in [5.41, 5.74) is 6.89. The first-order valence-electron chi connectivity index (χ1n) is 12.5. The number of nitrogens with zero attached hydrogens (tertiary/aromatic N) is 3. The first-order valence-corrected chi connectivity index (χ1v) is 12.5. The second-order valence-electron chi connectivity index (χ2n) is 10.1. The molecule has 3 aromatic rings. The van der Waals surface area contributed by atoms with E-state index in [1.807, 2.05) is 4.90 Å². The summed E-state index contributed by atoms with van der Waals surface area (Å²) < 4.78 is 47.6. The Hall–Kier alpha value is -4.06. The van der Waals surface area contributed by atoms with E-state index in [-0.39, 0.29) is 28.6 Å². The first kappa shape index (κ1) is 26.5. The van der Waals surface area contributed by atoms with E-state index in [1.165, 1.54) is 42.5 Å². The number of anilines is 2. The largest absolute Gasteiger partial charge is 0.508 e. The van der Waals surface area contributed by atoms with Gasteiger partial charge in [0, 0.05) is 31.3 Å². The van der Waals surface area contributed by atoms with Gasteiger partial charge >= 0.3 is 12.1 Å². The van der Waals surface area contributed by atoms with Crippen LogP contribution in [0.4, 0.5) is 24.9 Å². The van der Waals surface area contributed by atoms with Crippen LogP contribution < -0.4 is 20.7 Å². The monoisotopic (exact) mass is 543 g/mol. The molecule has 2 saturated heterocycles. The van der Waals surface area contributed by atoms with Crippen molar-refractivity contribution in [2.45, 2.75) is 37.6 Å². The lowest BCUT2D eigenvalue weighted by Crippen LogP contribution is -2.41. The molecule has 0 aliphatic carbocycles. The molecule has 5 N–H and O–H groups in total. The van der Waals surface area contributed by atoms with Gasteiger partial charge in [-0.25, -0.2) is 0 Å². The number of nitrogens with one attached hydrogen (secondary N) is 1. The lowest BCUT2D eigenvalue weighted by atomic mass is 9.76. The number of phenols is 1. The van der Waals surface area contributed by atoms with Crippen LogP contribution in [0.25, 0.3) is 11.1 Å². The zero-order chi connectivity index (χ0) is 27.8. The third kappa shape index (κ3) is 5.85. The fourth-order valence-electron chi connectivity index (χ4n) is 5.32. The molecule has 0 bridgehead atoms. The van der Waals surface area contributed by atoms with Gasteiger partial charge in [0.15, 0.2) is 0 Å². The quantitative estimate of drug-likeness (QED) is 0.362. The molecule has 0 radical (unpaired) electrons. The number of alkyl halides is 3. The standard InChI is InChI=1S/C27H28F3N5O4/c28-27(29,30)23(17-6-4-16(5-7-17)18-2-1-3-19(36)12-18)39-22-13-21(33-25(31)34-22)35-10-8-26(9-11-35)14-20(24(37)38)32-15-26/h1-7,12-13,20,23,32,36H,8-11,14-15H2,(H,37,38)(H2,31,33,34)/t20?,23-/m1/s1. The Morgan fingerprint density at radius 1 is 1.10 bits per heavy atom. The van der Waals surface area contributed by atoms with Gasteiger partial charge < -0.3 is 30.9 Å². The zero-order valence-electron chi connectivity index (χ0n) is 20.9. The molecule has 0 amide bonds. The van der Waals surface area contributed by atoms with E-state index < -0.39 is 24.3 Å². The number of hydrogen-bond acceptors (Lipinski definition) is 8. The number of carboxylic acid groups (broad SMARTS) is 1. The second-order valence-corrected chi connectivity index (χ2v) is 10.1. The number of carboxylic acids is 1. The van der Waals surface area contributed by atoms with Gasteiger partial charge in [-0.15, -0.1) is 0 Å².